The number of carbonyl (C=O) groups excluding carboxylic acids is 1. The van der Waals surface area contributed by atoms with Gasteiger partial charge in [0, 0.05) is 29.9 Å². The molecule has 2 aromatic rings. The first-order valence-corrected chi connectivity index (χ1v) is 10.1. The predicted molar refractivity (Wildman–Crippen MR) is 92.7 cm³/mol. The summed E-state index contributed by atoms with van der Waals surface area (Å²) >= 11 is 1.22. The van der Waals surface area contributed by atoms with Crippen molar-refractivity contribution in [2.45, 2.75) is 19.4 Å². The number of benzene rings is 1. The topological polar surface area (TPSA) is 97.4 Å². The van der Waals surface area contributed by atoms with Crippen molar-refractivity contribution in [3.63, 3.8) is 0 Å². The van der Waals surface area contributed by atoms with Crippen LogP contribution in [0.1, 0.15) is 24.9 Å². The lowest BCUT2D eigenvalue weighted by molar-refractivity contribution is -0.119. The van der Waals surface area contributed by atoms with Gasteiger partial charge in [0.1, 0.15) is 5.75 Å². The first-order chi connectivity index (χ1) is 11.3. The molecule has 0 saturated heterocycles. The van der Waals surface area contributed by atoms with Gasteiger partial charge in [-0.3, -0.25) is 9.52 Å². The second-order valence-corrected chi connectivity index (χ2v) is 8.16. The van der Waals surface area contributed by atoms with Crippen molar-refractivity contribution in [1.82, 2.24) is 10.3 Å². The summed E-state index contributed by atoms with van der Waals surface area (Å²) in [5.41, 5.74) is 2.41. The average Bonchev–Trinajstić information content (AvgIpc) is 2.93. The van der Waals surface area contributed by atoms with Gasteiger partial charge in [0.25, 0.3) is 0 Å². The molecule has 1 aliphatic rings. The van der Waals surface area contributed by atoms with E-state index in [1.54, 1.807) is 5.38 Å². The van der Waals surface area contributed by atoms with Gasteiger partial charge in [-0.15, -0.1) is 11.3 Å². The Hall–Kier alpha value is -2.13. The molecule has 1 aromatic carbocycles. The number of anilines is 1. The molecular formula is C15H17N3O4S2. The minimum absolute atomic E-state index is 0.0912. The SMILES string of the molecule is CC(=O)NC1CCOc2ccc(-c3csc(NS(C)(=O)=O)n3)cc21. The monoisotopic (exact) mass is 367 g/mol. The van der Waals surface area contributed by atoms with Gasteiger partial charge >= 0.3 is 0 Å². The van der Waals surface area contributed by atoms with E-state index in [0.29, 0.717) is 23.9 Å². The Bertz CT molecular complexity index is 877. The van der Waals surface area contributed by atoms with E-state index >= 15 is 0 Å². The van der Waals surface area contributed by atoms with Crippen molar-refractivity contribution in [3.05, 3.63) is 29.1 Å². The van der Waals surface area contributed by atoms with E-state index < -0.39 is 10.0 Å². The molecule has 128 valence electrons. The largest absolute Gasteiger partial charge is 0.493 e. The van der Waals surface area contributed by atoms with E-state index in [1.165, 1.54) is 18.3 Å². The second-order valence-electron chi connectivity index (χ2n) is 5.55. The van der Waals surface area contributed by atoms with E-state index in [1.807, 2.05) is 18.2 Å². The van der Waals surface area contributed by atoms with Crippen LogP contribution in [0.3, 0.4) is 0 Å². The fraction of sp³-hybridized carbons (Fsp3) is 0.333. The summed E-state index contributed by atoms with van der Waals surface area (Å²) in [6, 6.07) is 5.54. The van der Waals surface area contributed by atoms with Crippen molar-refractivity contribution >= 4 is 32.4 Å². The first kappa shape index (κ1) is 16.7. The Kier molecular flexibility index (Phi) is 4.46. The van der Waals surface area contributed by atoms with Crippen LogP contribution in [-0.2, 0) is 14.8 Å². The molecule has 2 N–H and O–H groups in total. The summed E-state index contributed by atoms with van der Waals surface area (Å²) in [4.78, 5) is 15.7. The van der Waals surface area contributed by atoms with E-state index in [9.17, 15) is 13.2 Å². The van der Waals surface area contributed by atoms with Crippen LogP contribution in [0.25, 0.3) is 11.3 Å². The summed E-state index contributed by atoms with van der Waals surface area (Å²) in [6.45, 7) is 2.04. The summed E-state index contributed by atoms with van der Waals surface area (Å²) in [5.74, 6) is 0.653. The number of hydrogen-bond donors (Lipinski definition) is 2. The number of rotatable bonds is 4. The third kappa shape index (κ3) is 3.85. The highest BCUT2D eigenvalue weighted by Gasteiger charge is 2.23. The van der Waals surface area contributed by atoms with Gasteiger partial charge in [0.15, 0.2) is 5.13 Å². The zero-order chi connectivity index (χ0) is 17.3. The standard InChI is InChI=1S/C15H17N3O4S2/c1-9(19)16-12-5-6-22-14-4-3-10(7-11(12)14)13-8-23-15(17-13)18-24(2,20)21/h3-4,7-8,12H,5-6H2,1-2H3,(H,16,19)(H,17,18). The molecular weight excluding hydrogens is 350 g/mol. The number of ether oxygens (including phenoxy) is 1. The molecule has 1 aliphatic heterocycles. The fourth-order valence-corrected chi connectivity index (χ4v) is 4.13. The van der Waals surface area contributed by atoms with E-state index in [-0.39, 0.29) is 11.9 Å². The Morgan fingerprint density at radius 3 is 2.92 bits per heavy atom. The molecule has 3 rings (SSSR count). The van der Waals surface area contributed by atoms with Gasteiger partial charge in [-0.1, -0.05) is 0 Å². The Labute approximate surface area is 144 Å². The molecule has 1 unspecified atom stereocenters. The average molecular weight is 367 g/mol. The molecule has 24 heavy (non-hydrogen) atoms. The number of nitrogens with one attached hydrogen (secondary N) is 2. The Morgan fingerprint density at radius 2 is 2.21 bits per heavy atom. The lowest BCUT2D eigenvalue weighted by Crippen LogP contribution is -2.30. The lowest BCUT2D eigenvalue weighted by Gasteiger charge is -2.26. The van der Waals surface area contributed by atoms with Crippen molar-refractivity contribution < 1.29 is 17.9 Å². The van der Waals surface area contributed by atoms with Gasteiger partial charge in [0.05, 0.1) is 24.6 Å². The van der Waals surface area contributed by atoms with Gasteiger partial charge < -0.3 is 10.1 Å². The summed E-state index contributed by atoms with van der Waals surface area (Å²) < 4.78 is 30.6. The maximum absolute atomic E-state index is 11.4. The quantitative estimate of drug-likeness (QED) is 0.863. The zero-order valence-corrected chi connectivity index (χ0v) is 14.8. The first-order valence-electron chi connectivity index (χ1n) is 7.29. The molecule has 1 atom stereocenters. The van der Waals surface area contributed by atoms with Crippen LogP contribution in [-0.4, -0.2) is 32.2 Å². The second kappa shape index (κ2) is 6.40. The van der Waals surface area contributed by atoms with Gasteiger partial charge in [-0.2, -0.15) is 0 Å². The van der Waals surface area contributed by atoms with Gasteiger partial charge in [0.2, 0.25) is 15.9 Å². The van der Waals surface area contributed by atoms with Crippen LogP contribution in [0.5, 0.6) is 5.75 Å². The number of fused-ring (bicyclic) bond motifs is 1. The molecule has 0 radical (unpaired) electrons. The molecule has 0 fully saturated rings. The molecule has 0 bridgehead atoms. The highest BCUT2D eigenvalue weighted by atomic mass is 32.2. The van der Waals surface area contributed by atoms with Crippen LogP contribution in [0.2, 0.25) is 0 Å². The Morgan fingerprint density at radius 1 is 1.42 bits per heavy atom. The summed E-state index contributed by atoms with van der Waals surface area (Å²) in [6.07, 6.45) is 1.79. The van der Waals surface area contributed by atoms with Crippen molar-refractivity contribution in [1.29, 1.82) is 0 Å². The van der Waals surface area contributed by atoms with E-state index in [4.69, 9.17) is 4.74 Å². The highest BCUT2D eigenvalue weighted by Crippen LogP contribution is 2.36. The van der Waals surface area contributed by atoms with Crippen LogP contribution in [0, 0.1) is 0 Å². The zero-order valence-electron chi connectivity index (χ0n) is 13.2. The van der Waals surface area contributed by atoms with Gasteiger partial charge in [-0.25, -0.2) is 13.4 Å². The number of sulfonamides is 1. The Balaban J connectivity index is 1.91. The molecule has 0 spiro atoms. The summed E-state index contributed by atoms with van der Waals surface area (Å²) in [5, 5.41) is 5.03. The molecule has 9 heteroatoms. The summed E-state index contributed by atoms with van der Waals surface area (Å²) in [7, 11) is -3.35. The minimum Gasteiger partial charge on any atom is -0.493 e. The molecule has 0 saturated carbocycles. The smallest absolute Gasteiger partial charge is 0.231 e. The maximum Gasteiger partial charge on any atom is 0.231 e. The van der Waals surface area contributed by atoms with Crippen LogP contribution >= 0.6 is 11.3 Å². The highest BCUT2D eigenvalue weighted by molar-refractivity contribution is 7.92. The third-order valence-corrected chi connectivity index (χ3v) is 4.95. The number of thiazole rings is 1. The predicted octanol–water partition coefficient (Wildman–Crippen LogP) is 2.14. The lowest BCUT2D eigenvalue weighted by atomic mass is 9.97. The van der Waals surface area contributed by atoms with Crippen molar-refractivity contribution in [2.24, 2.45) is 0 Å². The minimum atomic E-state index is -3.35. The van der Waals surface area contributed by atoms with Crippen LogP contribution in [0.4, 0.5) is 5.13 Å². The third-order valence-electron chi connectivity index (χ3n) is 3.50. The van der Waals surface area contributed by atoms with Crippen molar-refractivity contribution in [2.75, 3.05) is 17.6 Å². The van der Waals surface area contributed by atoms with Crippen LogP contribution < -0.4 is 14.8 Å². The molecule has 2 heterocycles. The number of hydrogen-bond acceptors (Lipinski definition) is 6. The van der Waals surface area contributed by atoms with Gasteiger partial charge in [-0.05, 0) is 18.2 Å². The van der Waals surface area contributed by atoms with Crippen molar-refractivity contribution in [3.8, 4) is 17.0 Å². The fourth-order valence-electron chi connectivity index (χ4n) is 2.56. The number of aromatic nitrogens is 1. The molecule has 1 amide bonds. The molecule has 0 aliphatic carbocycles. The number of carbonyl (C=O) groups is 1. The molecule has 1 aromatic heterocycles. The number of nitrogens with zero attached hydrogens (tertiary/aromatic N) is 1. The van der Waals surface area contributed by atoms with E-state index in [0.717, 1.165) is 23.1 Å². The molecule has 7 nitrogen and oxygen atoms in total. The van der Waals surface area contributed by atoms with Crippen LogP contribution in [0.15, 0.2) is 23.6 Å². The normalized spacial score (nSPS) is 16.8. The van der Waals surface area contributed by atoms with E-state index in [2.05, 4.69) is 15.0 Å². The number of amides is 1. The maximum atomic E-state index is 11.4.